The number of benzene rings is 1. The zero-order valence-corrected chi connectivity index (χ0v) is 6.53. The molecule has 0 heterocycles. The van der Waals surface area contributed by atoms with Crippen LogP contribution in [0.25, 0.3) is 0 Å². The molecular formula is C9H8O3. The van der Waals surface area contributed by atoms with Crippen LogP contribution in [0.5, 0.6) is 0 Å². The van der Waals surface area contributed by atoms with E-state index in [4.69, 9.17) is 1.37 Å². The first-order chi connectivity index (χ1) is 6.19. The number of carbonyl (C=O) groups is 2. The molecule has 0 atom stereocenters. The SMILES string of the molecule is [2H]c1cc(C=O)ccc1C(=O)OC. The first-order valence-corrected chi connectivity index (χ1v) is 3.33. The van der Waals surface area contributed by atoms with E-state index in [1.165, 1.54) is 25.3 Å². The highest BCUT2D eigenvalue weighted by atomic mass is 16.5. The van der Waals surface area contributed by atoms with E-state index in [-0.39, 0.29) is 11.6 Å². The zero-order valence-electron chi connectivity index (χ0n) is 7.53. The number of esters is 1. The molecule has 0 radical (unpaired) electrons. The van der Waals surface area contributed by atoms with Crippen molar-refractivity contribution in [1.82, 2.24) is 0 Å². The Bertz CT molecular complexity index is 347. The van der Waals surface area contributed by atoms with E-state index in [0.29, 0.717) is 11.8 Å². The number of hydrogen-bond donors (Lipinski definition) is 0. The average molecular weight is 165 g/mol. The third-order valence-corrected chi connectivity index (χ3v) is 1.38. The van der Waals surface area contributed by atoms with Crippen LogP contribution in [0.1, 0.15) is 22.1 Å². The summed E-state index contributed by atoms with van der Waals surface area (Å²) in [5.74, 6) is -0.567. The minimum absolute atomic E-state index is 0.00329. The van der Waals surface area contributed by atoms with Crippen LogP contribution < -0.4 is 0 Å². The van der Waals surface area contributed by atoms with Crippen LogP contribution in [0.3, 0.4) is 0 Å². The summed E-state index contributed by atoms with van der Waals surface area (Å²) in [6.07, 6.45) is 0.624. The Labute approximate surface area is 71.4 Å². The van der Waals surface area contributed by atoms with Gasteiger partial charge in [-0.05, 0) is 12.1 Å². The van der Waals surface area contributed by atoms with Crippen LogP contribution in [0.15, 0.2) is 24.2 Å². The van der Waals surface area contributed by atoms with E-state index >= 15 is 0 Å². The Hall–Kier alpha value is -1.64. The van der Waals surface area contributed by atoms with Crippen molar-refractivity contribution in [3.63, 3.8) is 0 Å². The topological polar surface area (TPSA) is 43.4 Å². The van der Waals surface area contributed by atoms with E-state index in [9.17, 15) is 9.59 Å². The number of aldehydes is 1. The first kappa shape index (κ1) is 7.03. The Morgan fingerprint density at radius 1 is 1.58 bits per heavy atom. The minimum atomic E-state index is -0.567. The average Bonchev–Trinajstić information content (AvgIpc) is 2.16. The summed E-state index contributed by atoms with van der Waals surface area (Å²) < 4.78 is 11.8. The molecule has 1 aromatic rings. The Morgan fingerprint density at radius 3 is 2.83 bits per heavy atom. The lowest BCUT2D eigenvalue weighted by molar-refractivity contribution is 0.0600. The number of methoxy groups -OCH3 is 1. The van der Waals surface area contributed by atoms with Crippen LogP contribution in [-0.4, -0.2) is 19.4 Å². The molecule has 3 nitrogen and oxygen atoms in total. The first-order valence-electron chi connectivity index (χ1n) is 3.83. The van der Waals surface area contributed by atoms with E-state index in [1.54, 1.807) is 0 Å². The summed E-state index contributed by atoms with van der Waals surface area (Å²) in [7, 11) is 1.25. The van der Waals surface area contributed by atoms with E-state index < -0.39 is 5.97 Å². The van der Waals surface area contributed by atoms with E-state index in [0.717, 1.165) is 0 Å². The van der Waals surface area contributed by atoms with E-state index in [2.05, 4.69) is 4.74 Å². The highest BCUT2D eigenvalue weighted by molar-refractivity contribution is 5.90. The largest absolute Gasteiger partial charge is 0.465 e. The van der Waals surface area contributed by atoms with Gasteiger partial charge in [0.25, 0.3) is 0 Å². The number of carbonyl (C=O) groups excluding carboxylic acids is 2. The third kappa shape index (κ3) is 1.69. The van der Waals surface area contributed by atoms with Crippen molar-refractivity contribution in [3.05, 3.63) is 35.4 Å². The van der Waals surface area contributed by atoms with Crippen LogP contribution >= 0.6 is 0 Å². The van der Waals surface area contributed by atoms with Gasteiger partial charge in [-0.2, -0.15) is 0 Å². The number of ether oxygens (including phenoxy) is 1. The molecule has 0 spiro atoms. The van der Waals surface area contributed by atoms with Gasteiger partial charge in [-0.25, -0.2) is 4.79 Å². The molecule has 0 aromatic heterocycles. The molecule has 0 amide bonds. The predicted molar refractivity (Wildman–Crippen MR) is 43.2 cm³/mol. The second-order valence-corrected chi connectivity index (χ2v) is 2.15. The molecule has 1 rings (SSSR count). The lowest BCUT2D eigenvalue weighted by atomic mass is 10.1. The summed E-state index contributed by atoms with van der Waals surface area (Å²) in [5.41, 5.74) is 0.533. The smallest absolute Gasteiger partial charge is 0.337 e. The van der Waals surface area contributed by atoms with Crippen molar-refractivity contribution in [2.24, 2.45) is 0 Å². The highest BCUT2D eigenvalue weighted by Gasteiger charge is 2.02. The van der Waals surface area contributed by atoms with Gasteiger partial charge in [0, 0.05) is 5.56 Å². The summed E-state index contributed by atoms with van der Waals surface area (Å²) in [6, 6.07) is 4.19. The van der Waals surface area contributed by atoms with Crippen molar-refractivity contribution < 1.29 is 15.7 Å². The summed E-state index contributed by atoms with van der Waals surface area (Å²) in [4.78, 5) is 21.3. The van der Waals surface area contributed by atoms with Gasteiger partial charge in [-0.1, -0.05) is 12.1 Å². The maximum atomic E-state index is 11.0. The Balaban J connectivity index is 3.12. The fourth-order valence-electron chi connectivity index (χ4n) is 0.747. The van der Waals surface area contributed by atoms with Crippen LogP contribution in [0.2, 0.25) is 0 Å². The second kappa shape index (κ2) is 3.67. The van der Waals surface area contributed by atoms with Crippen molar-refractivity contribution >= 4 is 12.3 Å². The summed E-state index contributed by atoms with van der Waals surface area (Å²) >= 11 is 0. The molecule has 0 N–H and O–H groups in total. The van der Waals surface area contributed by atoms with Gasteiger partial charge in [0.1, 0.15) is 6.29 Å². The molecule has 1 aromatic carbocycles. The van der Waals surface area contributed by atoms with Crippen molar-refractivity contribution in [2.45, 2.75) is 0 Å². The quantitative estimate of drug-likeness (QED) is 0.489. The molecule has 0 aliphatic heterocycles. The van der Waals surface area contributed by atoms with Gasteiger partial charge in [0.2, 0.25) is 0 Å². The van der Waals surface area contributed by atoms with E-state index in [1.807, 2.05) is 0 Å². The number of hydrogen-bond acceptors (Lipinski definition) is 3. The normalized spacial score (nSPS) is 10.2. The van der Waals surface area contributed by atoms with Crippen LogP contribution in [0, 0.1) is 0 Å². The Kier molecular flexibility index (Phi) is 2.15. The summed E-state index contributed by atoms with van der Waals surface area (Å²) in [6.45, 7) is 0. The van der Waals surface area contributed by atoms with Crippen molar-refractivity contribution in [2.75, 3.05) is 7.11 Å². The van der Waals surface area contributed by atoms with Crippen LogP contribution in [-0.2, 0) is 4.74 Å². The van der Waals surface area contributed by atoms with Gasteiger partial charge < -0.3 is 4.74 Å². The fourth-order valence-corrected chi connectivity index (χ4v) is 0.747. The lowest BCUT2D eigenvalue weighted by Crippen LogP contribution is -2.00. The summed E-state index contributed by atoms with van der Waals surface area (Å²) in [5, 5.41) is 0. The highest BCUT2D eigenvalue weighted by Crippen LogP contribution is 2.03. The molecule has 0 fully saturated rings. The van der Waals surface area contributed by atoms with Crippen molar-refractivity contribution in [3.8, 4) is 0 Å². The molecule has 0 unspecified atom stereocenters. The van der Waals surface area contributed by atoms with Gasteiger partial charge in [0.15, 0.2) is 0 Å². The van der Waals surface area contributed by atoms with Gasteiger partial charge in [-0.15, -0.1) is 0 Å². The maximum Gasteiger partial charge on any atom is 0.337 e. The molecule has 62 valence electrons. The Morgan fingerprint density at radius 2 is 2.33 bits per heavy atom. The fraction of sp³-hybridized carbons (Fsp3) is 0.111. The molecule has 0 saturated heterocycles. The maximum absolute atomic E-state index is 11.0. The van der Waals surface area contributed by atoms with Gasteiger partial charge in [-0.3, -0.25) is 4.79 Å². The lowest BCUT2D eigenvalue weighted by Gasteiger charge is -1.97. The predicted octanol–water partition coefficient (Wildman–Crippen LogP) is 1.29. The molecular weight excluding hydrogens is 156 g/mol. The van der Waals surface area contributed by atoms with Gasteiger partial charge in [0.05, 0.1) is 14.0 Å². The van der Waals surface area contributed by atoms with Crippen molar-refractivity contribution in [1.29, 1.82) is 0 Å². The minimum Gasteiger partial charge on any atom is -0.465 e. The molecule has 0 bridgehead atoms. The molecule has 0 aliphatic rings. The number of rotatable bonds is 2. The second-order valence-electron chi connectivity index (χ2n) is 2.15. The molecule has 3 heteroatoms. The third-order valence-electron chi connectivity index (χ3n) is 1.38. The zero-order chi connectivity index (χ0) is 9.84. The molecule has 12 heavy (non-hydrogen) atoms. The molecule has 0 saturated carbocycles. The van der Waals surface area contributed by atoms with Gasteiger partial charge >= 0.3 is 5.97 Å². The monoisotopic (exact) mass is 165 g/mol. The standard InChI is InChI=1S/C9H8O3/c1-12-9(11)8-4-2-7(6-10)3-5-8/h2-6H,1H3/i4D. The molecule has 0 aliphatic carbocycles. The van der Waals surface area contributed by atoms with Crippen LogP contribution in [0.4, 0.5) is 0 Å².